The second kappa shape index (κ2) is 7.81. The number of aliphatic carboxylic acids is 1. The van der Waals surface area contributed by atoms with Crippen LogP contribution in [0.3, 0.4) is 0 Å². The zero-order valence-electron chi connectivity index (χ0n) is 15.9. The topological polar surface area (TPSA) is 106 Å². The number of carboxylic acid groups (broad SMARTS) is 1. The molecule has 0 aromatic carbocycles. The second-order valence-electron chi connectivity index (χ2n) is 7.24. The summed E-state index contributed by atoms with van der Waals surface area (Å²) in [5, 5.41) is 20.0. The molecule has 27 heavy (non-hydrogen) atoms. The number of hydrogen-bond acceptors (Lipinski definition) is 6. The van der Waals surface area contributed by atoms with E-state index >= 15 is 0 Å². The van der Waals surface area contributed by atoms with Crippen molar-refractivity contribution in [2.45, 2.75) is 26.4 Å². The third kappa shape index (κ3) is 4.66. The van der Waals surface area contributed by atoms with E-state index in [2.05, 4.69) is 5.32 Å². The summed E-state index contributed by atoms with van der Waals surface area (Å²) in [6, 6.07) is 0. The molecule has 9 heteroatoms. The molecule has 0 radical (unpaired) electrons. The SMILES string of the molecule is CN/C=C1\C(=N)C(C(=O)O)=CC(F)=C1N1CCN(C(=O)OC(C)(C)C)CC1. The van der Waals surface area contributed by atoms with Crippen LogP contribution >= 0.6 is 0 Å². The Morgan fingerprint density at radius 2 is 1.89 bits per heavy atom. The van der Waals surface area contributed by atoms with E-state index in [0.29, 0.717) is 26.2 Å². The fraction of sp³-hybridized carbons (Fsp3) is 0.500. The number of nitrogens with one attached hydrogen (secondary N) is 2. The number of allylic oxidation sites excluding steroid dienone is 3. The molecule has 0 spiro atoms. The van der Waals surface area contributed by atoms with Crippen molar-refractivity contribution in [2.24, 2.45) is 0 Å². The lowest BCUT2D eigenvalue weighted by molar-refractivity contribution is -0.132. The zero-order chi connectivity index (χ0) is 20.4. The molecule has 2 rings (SSSR count). The van der Waals surface area contributed by atoms with Crippen LogP contribution in [0, 0.1) is 5.41 Å². The molecule has 8 nitrogen and oxygen atoms in total. The molecular weight excluding hydrogens is 355 g/mol. The van der Waals surface area contributed by atoms with Crippen LogP contribution in [-0.4, -0.2) is 71.5 Å². The smallest absolute Gasteiger partial charge is 0.410 e. The molecule has 1 aliphatic heterocycles. The van der Waals surface area contributed by atoms with Crippen molar-refractivity contribution in [3.8, 4) is 0 Å². The summed E-state index contributed by atoms with van der Waals surface area (Å²) in [5.41, 5.74) is -0.932. The number of amides is 1. The molecule has 1 heterocycles. The van der Waals surface area contributed by atoms with Gasteiger partial charge in [0.05, 0.1) is 17.0 Å². The van der Waals surface area contributed by atoms with Gasteiger partial charge in [0.25, 0.3) is 0 Å². The Bertz CT molecular complexity index is 741. The Kier molecular flexibility index (Phi) is 5.92. The Hall–Kier alpha value is -2.84. The molecule has 1 aliphatic carbocycles. The lowest BCUT2D eigenvalue weighted by atomic mass is 9.93. The van der Waals surface area contributed by atoms with Gasteiger partial charge in [0, 0.05) is 45.0 Å². The average molecular weight is 380 g/mol. The van der Waals surface area contributed by atoms with Crippen molar-refractivity contribution in [2.75, 3.05) is 33.2 Å². The first-order valence-corrected chi connectivity index (χ1v) is 8.60. The molecule has 0 bridgehead atoms. The number of nitrogens with zero attached hydrogens (tertiary/aromatic N) is 2. The highest BCUT2D eigenvalue weighted by Crippen LogP contribution is 2.31. The van der Waals surface area contributed by atoms with E-state index in [1.165, 1.54) is 6.20 Å². The molecule has 0 unspecified atom stereocenters. The monoisotopic (exact) mass is 380 g/mol. The third-order valence-electron chi connectivity index (χ3n) is 4.06. The predicted octanol–water partition coefficient (Wildman–Crippen LogP) is 1.87. The van der Waals surface area contributed by atoms with E-state index < -0.39 is 29.1 Å². The highest BCUT2D eigenvalue weighted by molar-refractivity contribution is 6.27. The number of hydrogen-bond donors (Lipinski definition) is 3. The van der Waals surface area contributed by atoms with Crippen molar-refractivity contribution in [1.29, 1.82) is 5.41 Å². The van der Waals surface area contributed by atoms with Gasteiger partial charge in [-0.2, -0.15) is 0 Å². The molecule has 2 aliphatic rings. The Morgan fingerprint density at radius 3 is 2.37 bits per heavy atom. The van der Waals surface area contributed by atoms with Crippen LogP contribution in [0.1, 0.15) is 20.8 Å². The molecule has 0 atom stereocenters. The number of carbonyl (C=O) groups excluding carboxylic acids is 1. The quantitative estimate of drug-likeness (QED) is 0.690. The van der Waals surface area contributed by atoms with Crippen LogP contribution in [0.15, 0.2) is 34.9 Å². The minimum absolute atomic E-state index is 0.156. The molecule has 0 aromatic heterocycles. The molecule has 0 saturated carbocycles. The summed E-state index contributed by atoms with van der Waals surface area (Å²) < 4.78 is 20.0. The average Bonchev–Trinajstić information content (AvgIpc) is 2.56. The van der Waals surface area contributed by atoms with Gasteiger partial charge in [0.2, 0.25) is 0 Å². The van der Waals surface area contributed by atoms with Crippen LogP contribution in [0.5, 0.6) is 0 Å². The summed E-state index contributed by atoms with van der Waals surface area (Å²) in [6.07, 6.45) is 1.85. The Labute approximate surface area is 157 Å². The van der Waals surface area contributed by atoms with Gasteiger partial charge in [0.1, 0.15) is 11.4 Å². The van der Waals surface area contributed by atoms with Crippen LogP contribution in [0.2, 0.25) is 0 Å². The van der Waals surface area contributed by atoms with Gasteiger partial charge in [-0.05, 0) is 26.8 Å². The fourth-order valence-electron chi connectivity index (χ4n) is 2.87. The first kappa shape index (κ1) is 20.5. The van der Waals surface area contributed by atoms with E-state index in [1.54, 1.807) is 37.6 Å². The maximum Gasteiger partial charge on any atom is 0.410 e. The molecule has 1 saturated heterocycles. The van der Waals surface area contributed by atoms with Gasteiger partial charge in [0.15, 0.2) is 0 Å². The number of halogens is 1. The normalized spacial score (nSPS) is 20.0. The maximum absolute atomic E-state index is 14.7. The Morgan fingerprint density at radius 1 is 1.30 bits per heavy atom. The van der Waals surface area contributed by atoms with Crippen molar-refractivity contribution >= 4 is 17.8 Å². The first-order valence-electron chi connectivity index (χ1n) is 8.60. The lowest BCUT2D eigenvalue weighted by Gasteiger charge is -2.39. The number of carboxylic acids is 1. The molecule has 0 aromatic rings. The van der Waals surface area contributed by atoms with E-state index in [9.17, 15) is 19.1 Å². The number of rotatable bonds is 3. The number of piperazine rings is 1. The summed E-state index contributed by atoms with van der Waals surface area (Å²) in [4.78, 5) is 26.7. The standard InChI is InChI=1S/C18H25FN4O4/c1-18(2,3)27-17(26)23-7-5-22(6-8-23)15-12(10-21-4)14(20)11(16(24)25)9-13(15)19/h9-10,20-21H,5-8H2,1-4H3,(H,24,25)/b12-10+,20-14?. The Balaban J connectivity index is 2.21. The van der Waals surface area contributed by atoms with E-state index in [-0.39, 0.29) is 17.0 Å². The zero-order valence-corrected chi connectivity index (χ0v) is 15.9. The van der Waals surface area contributed by atoms with E-state index in [1.807, 2.05) is 0 Å². The third-order valence-corrected chi connectivity index (χ3v) is 4.06. The van der Waals surface area contributed by atoms with Gasteiger partial charge >= 0.3 is 12.1 Å². The van der Waals surface area contributed by atoms with Crippen molar-refractivity contribution < 1.29 is 23.8 Å². The van der Waals surface area contributed by atoms with E-state index in [0.717, 1.165) is 6.08 Å². The van der Waals surface area contributed by atoms with Crippen LogP contribution < -0.4 is 5.32 Å². The highest BCUT2D eigenvalue weighted by atomic mass is 19.1. The number of carbonyl (C=O) groups is 2. The van der Waals surface area contributed by atoms with E-state index in [4.69, 9.17) is 10.1 Å². The minimum Gasteiger partial charge on any atom is -0.478 e. The largest absolute Gasteiger partial charge is 0.478 e. The van der Waals surface area contributed by atoms with Crippen molar-refractivity contribution in [1.82, 2.24) is 15.1 Å². The highest BCUT2D eigenvalue weighted by Gasteiger charge is 2.33. The molecular formula is C18H25FN4O4. The van der Waals surface area contributed by atoms with Gasteiger partial charge in [-0.25, -0.2) is 14.0 Å². The summed E-state index contributed by atoms with van der Waals surface area (Å²) in [6.45, 7) is 6.71. The molecule has 3 N–H and O–H groups in total. The first-order chi connectivity index (χ1) is 12.5. The molecule has 1 fully saturated rings. The number of ether oxygens (including phenoxy) is 1. The van der Waals surface area contributed by atoms with Crippen LogP contribution in [-0.2, 0) is 9.53 Å². The molecule has 1 amide bonds. The molecule has 148 valence electrons. The van der Waals surface area contributed by atoms with Gasteiger partial charge < -0.3 is 25.0 Å². The van der Waals surface area contributed by atoms with Gasteiger partial charge in [-0.15, -0.1) is 0 Å². The second-order valence-corrected chi connectivity index (χ2v) is 7.24. The predicted molar refractivity (Wildman–Crippen MR) is 98.1 cm³/mol. The van der Waals surface area contributed by atoms with Crippen LogP contribution in [0.25, 0.3) is 0 Å². The lowest BCUT2D eigenvalue weighted by Crippen LogP contribution is -2.50. The fourth-order valence-corrected chi connectivity index (χ4v) is 2.87. The maximum atomic E-state index is 14.7. The summed E-state index contributed by atoms with van der Waals surface area (Å²) in [5.74, 6) is -2.07. The van der Waals surface area contributed by atoms with Gasteiger partial charge in [-0.3, -0.25) is 5.41 Å². The van der Waals surface area contributed by atoms with Crippen LogP contribution in [0.4, 0.5) is 9.18 Å². The van der Waals surface area contributed by atoms with Crippen molar-refractivity contribution in [3.63, 3.8) is 0 Å². The summed E-state index contributed by atoms with van der Waals surface area (Å²) in [7, 11) is 1.59. The van der Waals surface area contributed by atoms with Crippen molar-refractivity contribution in [3.05, 3.63) is 34.9 Å². The minimum atomic E-state index is -1.36. The van der Waals surface area contributed by atoms with Gasteiger partial charge in [-0.1, -0.05) is 0 Å². The summed E-state index contributed by atoms with van der Waals surface area (Å²) >= 11 is 0.